The fourth-order valence-corrected chi connectivity index (χ4v) is 6.17. The van der Waals surface area contributed by atoms with Gasteiger partial charge in [-0.2, -0.15) is 0 Å². The molecule has 0 saturated heterocycles. The molecule has 0 bridgehead atoms. The van der Waals surface area contributed by atoms with Gasteiger partial charge in [0.1, 0.15) is 17.7 Å². The number of rotatable bonds is 6. The van der Waals surface area contributed by atoms with Crippen molar-refractivity contribution in [3.8, 4) is 0 Å². The van der Waals surface area contributed by atoms with Crippen molar-refractivity contribution in [1.29, 1.82) is 0 Å². The highest BCUT2D eigenvalue weighted by atomic mass is 15.1. The molecule has 6 nitrogen and oxygen atoms in total. The summed E-state index contributed by atoms with van der Waals surface area (Å²) in [5.74, 6) is 2.96. The maximum Gasteiger partial charge on any atom is 0.132 e. The van der Waals surface area contributed by atoms with Gasteiger partial charge in [-0.25, -0.2) is 0 Å². The second-order valence-electron chi connectivity index (χ2n) is 10.8. The third-order valence-corrected chi connectivity index (χ3v) is 8.25. The van der Waals surface area contributed by atoms with Gasteiger partial charge in [0.2, 0.25) is 0 Å². The third kappa shape index (κ3) is 4.75. The first-order chi connectivity index (χ1) is 17.7. The number of hydrogen-bond acceptors (Lipinski definition) is 5. The molecule has 0 aromatic heterocycles. The molecule has 2 aliphatic heterocycles. The Morgan fingerprint density at radius 1 is 1.08 bits per heavy atom. The number of dihydropyridines is 1. The number of nitrogens with one attached hydrogen (secondary N) is 1. The van der Waals surface area contributed by atoms with Gasteiger partial charge in [-0.15, -0.1) is 0 Å². The molecule has 188 valence electrons. The van der Waals surface area contributed by atoms with E-state index < -0.39 is 0 Å². The monoisotopic (exact) mass is 482 g/mol. The fourth-order valence-electron chi connectivity index (χ4n) is 6.17. The molecule has 3 unspecified atom stereocenters. The van der Waals surface area contributed by atoms with E-state index in [9.17, 15) is 0 Å². The number of aliphatic imine (C=N–C) groups is 4. The van der Waals surface area contributed by atoms with Gasteiger partial charge >= 0.3 is 0 Å². The molecule has 2 heterocycles. The lowest BCUT2D eigenvalue weighted by atomic mass is 9.83. The molecule has 3 N–H and O–H groups in total. The zero-order valence-corrected chi connectivity index (χ0v) is 21.4. The second-order valence-corrected chi connectivity index (χ2v) is 10.8. The molecule has 0 radical (unpaired) electrons. The van der Waals surface area contributed by atoms with Crippen molar-refractivity contribution in [3.63, 3.8) is 0 Å². The van der Waals surface area contributed by atoms with Crippen LogP contribution in [0.4, 0.5) is 0 Å². The largest absolute Gasteiger partial charge is 0.329 e. The van der Waals surface area contributed by atoms with Crippen molar-refractivity contribution in [1.82, 2.24) is 5.32 Å². The van der Waals surface area contributed by atoms with Crippen LogP contribution in [0.5, 0.6) is 0 Å². The van der Waals surface area contributed by atoms with Crippen LogP contribution < -0.4 is 11.1 Å². The molecule has 3 aliphatic carbocycles. The number of allylic oxidation sites excluding steroid dienone is 3. The van der Waals surface area contributed by atoms with Crippen molar-refractivity contribution in [2.75, 3.05) is 19.6 Å². The summed E-state index contributed by atoms with van der Waals surface area (Å²) < 4.78 is 0. The predicted octanol–water partition coefficient (Wildman–Crippen LogP) is 4.25. The molecule has 36 heavy (non-hydrogen) atoms. The molecular weight excluding hydrogens is 444 g/mol. The van der Waals surface area contributed by atoms with Gasteiger partial charge in [-0.1, -0.05) is 37.3 Å². The summed E-state index contributed by atoms with van der Waals surface area (Å²) in [6.45, 7) is 4.14. The van der Waals surface area contributed by atoms with Gasteiger partial charge < -0.3 is 11.1 Å². The van der Waals surface area contributed by atoms with Crippen LogP contribution in [-0.2, 0) is 12.8 Å². The average Bonchev–Trinajstić information content (AvgIpc) is 3.77. The Morgan fingerprint density at radius 3 is 2.75 bits per heavy atom. The van der Waals surface area contributed by atoms with Crippen LogP contribution in [0, 0.1) is 11.8 Å². The van der Waals surface area contributed by atoms with Gasteiger partial charge in [0.15, 0.2) is 0 Å². The number of hydrogen-bond donors (Lipinski definition) is 2. The van der Waals surface area contributed by atoms with Crippen LogP contribution in [0.1, 0.15) is 56.6 Å². The van der Waals surface area contributed by atoms with E-state index in [0.29, 0.717) is 37.5 Å². The fraction of sp³-hybridized carbons (Fsp3) is 0.533. The van der Waals surface area contributed by atoms with E-state index in [1.54, 1.807) is 0 Å². The van der Waals surface area contributed by atoms with E-state index in [1.807, 2.05) is 0 Å². The Morgan fingerprint density at radius 2 is 1.94 bits per heavy atom. The number of amidine groups is 2. The SMILES string of the molecule is CCC1=CCC(C2=NC3CN=CC(C4CC4)=C3C(=NCCN)N2)CC1=NC1CCc2ccccc2C1. The van der Waals surface area contributed by atoms with Crippen LogP contribution in [0.2, 0.25) is 0 Å². The van der Waals surface area contributed by atoms with E-state index in [-0.39, 0.29) is 6.04 Å². The average molecular weight is 483 g/mol. The maximum absolute atomic E-state index is 5.83. The molecule has 1 aromatic rings. The lowest BCUT2D eigenvalue weighted by Crippen LogP contribution is -2.47. The Hall–Kier alpha value is -2.86. The zero-order chi connectivity index (χ0) is 24.5. The van der Waals surface area contributed by atoms with Crippen molar-refractivity contribution in [3.05, 3.63) is 58.2 Å². The first kappa shape index (κ1) is 23.5. The quantitative estimate of drug-likeness (QED) is 0.635. The van der Waals surface area contributed by atoms with Gasteiger partial charge in [0.05, 0.1) is 19.1 Å². The summed E-state index contributed by atoms with van der Waals surface area (Å²) in [5, 5.41) is 3.68. The summed E-state index contributed by atoms with van der Waals surface area (Å²) in [5.41, 5.74) is 14.1. The lowest BCUT2D eigenvalue weighted by Gasteiger charge is -2.34. The molecule has 1 fully saturated rings. The predicted molar refractivity (Wildman–Crippen MR) is 150 cm³/mol. The molecule has 5 aliphatic rings. The molecule has 1 aromatic carbocycles. The lowest BCUT2D eigenvalue weighted by molar-refractivity contribution is 0.573. The van der Waals surface area contributed by atoms with Crippen LogP contribution in [0.3, 0.4) is 0 Å². The highest BCUT2D eigenvalue weighted by Crippen LogP contribution is 2.40. The van der Waals surface area contributed by atoms with E-state index in [1.165, 1.54) is 46.4 Å². The number of benzene rings is 1. The highest BCUT2D eigenvalue weighted by molar-refractivity contribution is 6.16. The van der Waals surface area contributed by atoms with E-state index >= 15 is 0 Å². The zero-order valence-electron chi connectivity index (χ0n) is 21.4. The van der Waals surface area contributed by atoms with Crippen molar-refractivity contribution < 1.29 is 0 Å². The molecule has 0 spiro atoms. The van der Waals surface area contributed by atoms with E-state index in [4.69, 9.17) is 25.7 Å². The first-order valence-corrected chi connectivity index (χ1v) is 13.9. The Balaban J connectivity index is 1.27. The molecular formula is C30H38N6. The summed E-state index contributed by atoms with van der Waals surface area (Å²) in [7, 11) is 0. The molecule has 1 saturated carbocycles. The highest BCUT2D eigenvalue weighted by Gasteiger charge is 2.38. The molecule has 0 amide bonds. The number of fused-ring (bicyclic) bond motifs is 2. The van der Waals surface area contributed by atoms with Crippen LogP contribution >= 0.6 is 0 Å². The smallest absolute Gasteiger partial charge is 0.132 e. The summed E-state index contributed by atoms with van der Waals surface area (Å²) in [6.07, 6.45) is 13.3. The van der Waals surface area contributed by atoms with Crippen molar-refractivity contribution >= 4 is 23.6 Å². The van der Waals surface area contributed by atoms with Crippen LogP contribution in [0.25, 0.3) is 0 Å². The summed E-state index contributed by atoms with van der Waals surface area (Å²) >= 11 is 0. The van der Waals surface area contributed by atoms with Crippen LogP contribution in [0.15, 0.2) is 67.0 Å². The van der Waals surface area contributed by atoms with Gasteiger partial charge in [0.25, 0.3) is 0 Å². The van der Waals surface area contributed by atoms with E-state index in [0.717, 1.165) is 50.2 Å². The molecule has 6 rings (SSSR count). The van der Waals surface area contributed by atoms with Gasteiger partial charge in [-0.3, -0.25) is 20.0 Å². The summed E-state index contributed by atoms with van der Waals surface area (Å²) in [4.78, 5) is 20.2. The maximum atomic E-state index is 5.83. The number of nitrogens with two attached hydrogens (primary N) is 1. The topological polar surface area (TPSA) is 87.5 Å². The van der Waals surface area contributed by atoms with E-state index in [2.05, 4.69) is 48.8 Å². The van der Waals surface area contributed by atoms with Gasteiger partial charge in [0, 0.05) is 30.0 Å². The molecule has 3 atom stereocenters. The molecule has 6 heteroatoms. The number of aryl methyl sites for hydroxylation is 1. The first-order valence-electron chi connectivity index (χ1n) is 13.9. The Kier molecular flexibility index (Phi) is 6.70. The Bertz CT molecular complexity index is 1200. The number of nitrogens with zero attached hydrogens (tertiary/aromatic N) is 4. The third-order valence-electron chi connectivity index (χ3n) is 8.25. The van der Waals surface area contributed by atoms with Crippen LogP contribution in [-0.4, -0.2) is 55.3 Å². The minimum Gasteiger partial charge on any atom is -0.329 e. The normalized spacial score (nSPS) is 30.0. The van der Waals surface area contributed by atoms with Crippen molar-refractivity contribution in [2.45, 2.75) is 70.4 Å². The van der Waals surface area contributed by atoms with Gasteiger partial charge in [-0.05, 0) is 79.6 Å². The second kappa shape index (κ2) is 10.3. The minimum absolute atomic E-state index is 0.0742. The Labute approximate surface area is 214 Å². The minimum atomic E-state index is 0.0742. The summed E-state index contributed by atoms with van der Waals surface area (Å²) in [6, 6.07) is 9.31. The van der Waals surface area contributed by atoms with Crippen molar-refractivity contribution in [2.24, 2.45) is 37.5 Å². The standard InChI is InChI=1S/C30H38N6/c1-2-19-7-10-23(16-26(19)34-24-12-11-20-5-3-4-6-22(20)15-24)29-35-27-18-32-17-25(21-8-9-21)28(27)30(36-29)33-14-13-31/h3-7,17,21,23-24,27H,2,8-16,18,31H2,1H3,(H,33,35,36).